The van der Waals surface area contributed by atoms with Crippen LogP contribution < -0.4 is 5.32 Å². The summed E-state index contributed by atoms with van der Waals surface area (Å²) in [4.78, 5) is 22.8. The lowest BCUT2D eigenvalue weighted by Crippen LogP contribution is -2.13. The Morgan fingerprint density at radius 3 is 2.83 bits per heavy atom. The fourth-order valence-electron chi connectivity index (χ4n) is 2.69. The number of nitro groups is 1. The molecule has 0 bridgehead atoms. The van der Waals surface area contributed by atoms with Crippen molar-refractivity contribution in [1.29, 1.82) is 5.26 Å². The average Bonchev–Trinajstić information content (AvgIpc) is 3.35. The smallest absolute Gasteiger partial charge is 0.269 e. The third-order valence-corrected chi connectivity index (χ3v) is 5.01. The Balaban J connectivity index is 1.78. The van der Waals surface area contributed by atoms with Gasteiger partial charge >= 0.3 is 0 Å². The molecule has 2 heterocycles. The Morgan fingerprint density at radius 1 is 1.37 bits per heavy atom. The Morgan fingerprint density at radius 2 is 2.17 bits per heavy atom. The number of benzene rings is 1. The van der Waals surface area contributed by atoms with E-state index in [-0.39, 0.29) is 11.3 Å². The molecule has 10 heteroatoms. The second kappa shape index (κ2) is 9.11. The van der Waals surface area contributed by atoms with Gasteiger partial charge in [-0.3, -0.25) is 20.2 Å². The number of nitro benzene ring substituents is 1. The van der Waals surface area contributed by atoms with Crippen molar-refractivity contribution < 1.29 is 14.1 Å². The van der Waals surface area contributed by atoms with E-state index in [0.717, 1.165) is 17.8 Å². The van der Waals surface area contributed by atoms with Gasteiger partial charge in [-0.1, -0.05) is 18.3 Å². The molecule has 0 fully saturated rings. The summed E-state index contributed by atoms with van der Waals surface area (Å²) in [5.74, 6) is 0.166. The maximum absolute atomic E-state index is 12.4. The molecular weight excluding hydrogens is 406 g/mol. The molecule has 0 radical (unpaired) electrons. The maximum Gasteiger partial charge on any atom is 0.269 e. The first-order valence-electron chi connectivity index (χ1n) is 9.02. The molecule has 0 unspecified atom stereocenters. The molecule has 152 valence electrons. The highest BCUT2D eigenvalue weighted by molar-refractivity contribution is 7.15. The van der Waals surface area contributed by atoms with Crippen LogP contribution in [-0.2, 0) is 11.2 Å². The van der Waals surface area contributed by atoms with Gasteiger partial charge in [0.25, 0.3) is 11.6 Å². The van der Waals surface area contributed by atoms with E-state index in [1.54, 1.807) is 25.1 Å². The molecule has 0 spiro atoms. The first kappa shape index (κ1) is 20.9. The number of hydrogen-bond donors (Lipinski definition) is 1. The number of carbonyl (C=O) groups excluding carboxylic acids is 1. The number of aromatic nitrogens is 2. The van der Waals surface area contributed by atoms with Crippen LogP contribution in [0.15, 0.2) is 40.3 Å². The minimum absolute atomic E-state index is 0.00914. The fourth-order valence-corrected chi connectivity index (χ4v) is 3.52. The van der Waals surface area contributed by atoms with Crippen molar-refractivity contribution in [2.45, 2.75) is 26.7 Å². The van der Waals surface area contributed by atoms with Crippen LogP contribution in [0.1, 0.15) is 29.7 Å². The summed E-state index contributed by atoms with van der Waals surface area (Å²) in [6.45, 7) is 3.76. The molecule has 2 aromatic heterocycles. The van der Waals surface area contributed by atoms with Crippen molar-refractivity contribution in [3.05, 3.63) is 62.4 Å². The Kier molecular flexibility index (Phi) is 6.34. The summed E-state index contributed by atoms with van der Waals surface area (Å²) in [6.07, 6.45) is 3.01. The van der Waals surface area contributed by atoms with Crippen LogP contribution in [0.4, 0.5) is 10.8 Å². The Bertz CT molecular complexity index is 1170. The maximum atomic E-state index is 12.4. The molecular formula is C20H17N5O4S. The summed E-state index contributed by atoms with van der Waals surface area (Å²) < 4.78 is 5.72. The summed E-state index contributed by atoms with van der Waals surface area (Å²) in [5.41, 5.74) is 1.20. The normalized spacial score (nSPS) is 11.2. The molecule has 30 heavy (non-hydrogen) atoms. The van der Waals surface area contributed by atoms with E-state index in [2.05, 4.69) is 15.5 Å². The highest BCUT2D eigenvalue weighted by atomic mass is 32.1. The number of nitrogens with zero attached hydrogens (tertiary/aromatic N) is 4. The van der Waals surface area contributed by atoms with Gasteiger partial charge in [0, 0.05) is 30.2 Å². The topological polar surface area (TPSA) is 135 Å². The van der Waals surface area contributed by atoms with Crippen LogP contribution in [0.3, 0.4) is 0 Å². The molecule has 0 aliphatic rings. The molecule has 0 saturated heterocycles. The number of amides is 1. The van der Waals surface area contributed by atoms with Crippen molar-refractivity contribution in [3.63, 3.8) is 0 Å². The second-order valence-electron chi connectivity index (χ2n) is 6.33. The number of nitriles is 1. The van der Waals surface area contributed by atoms with Crippen molar-refractivity contribution in [2.75, 3.05) is 5.32 Å². The highest BCUT2D eigenvalue weighted by Gasteiger charge is 2.15. The van der Waals surface area contributed by atoms with Crippen LogP contribution in [0.5, 0.6) is 0 Å². The monoisotopic (exact) mass is 423 g/mol. The van der Waals surface area contributed by atoms with Gasteiger partial charge in [0.1, 0.15) is 28.2 Å². The molecule has 1 aromatic carbocycles. The van der Waals surface area contributed by atoms with Crippen LogP contribution >= 0.6 is 11.3 Å². The zero-order valence-electron chi connectivity index (χ0n) is 16.2. The molecule has 3 aromatic rings. The van der Waals surface area contributed by atoms with Crippen LogP contribution in [0.25, 0.3) is 17.4 Å². The third-order valence-electron chi connectivity index (χ3n) is 4.12. The molecule has 1 amide bonds. The van der Waals surface area contributed by atoms with E-state index in [1.807, 2.05) is 13.0 Å². The highest BCUT2D eigenvalue weighted by Crippen LogP contribution is 2.29. The van der Waals surface area contributed by atoms with Gasteiger partial charge in [-0.2, -0.15) is 5.26 Å². The molecule has 1 N–H and O–H groups in total. The number of rotatable bonds is 7. The molecule has 0 atom stereocenters. The predicted molar refractivity (Wildman–Crippen MR) is 112 cm³/mol. The lowest BCUT2D eigenvalue weighted by Gasteiger charge is -2.02. The third kappa shape index (κ3) is 4.76. The van der Waals surface area contributed by atoms with Gasteiger partial charge in [0.15, 0.2) is 0 Å². The number of furan rings is 1. The van der Waals surface area contributed by atoms with Crippen LogP contribution in [0, 0.1) is 28.4 Å². The first-order chi connectivity index (χ1) is 14.4. The number of hydrogen-bond acceptors (Lipinski definition) is 8. The molecule has 0 aliphatic carbocycles. The summed E-state index contributed by atoms with van der Waals surface area (Å²) in [5, 5.41) is 31.8. The van der Waals surface area contributed by atoms with E-state index in [4.69, 9.17) is 4.42 Å². The predicted octanol–water partition coefficient (Wildman–Crippen LogP) is 4.51. The van der Waals surface area contributed by atoms with Gasteiger partial charge in [-0.05, 0) is 37.1 Å². The van der Waals surface area contributed by atoms with Gasteiger partial charge in [0.2, 0.25) is 5.13 Å². The van der Waals surface area contributed by atoms with Crippen molar-refractivity contribution in [3.8, 4) is 17.4 Å². The summed E-state index contributed by atoms with van der Waals surface area (Å²) in [6, 6.07) is 9.59. The molecule has 9 nitrogen and oxygen atoms in total. The number of anilines is 1. The minimum atomic E-state index is -0.610. The number of non-ortho nitro benzene ring substituents is 1. The van der Waals surface area contributed by atoms with E-state index in [9.17, 15) is 20.2 Å². The molecule has 0 saturated carbocycles. The quantitative estimate of drug-likeness (QED) is 0.255. The van der Waals surface area contributed by atoms with Gasteiger partial charge in [0.05, 0.1) is 4.92 Å². The van der Waals surface area contributed by atoms with Crippen molar-refractivity contribution >= 4 is 34.1 Å². The zero-order valence-corrected chi connectivity index (χ0v) is 17.0. The second-order valence-corrected chi connectivity index (χ2v) is 7.40. The zero-order chi connectivity index (χ0) is 21.7. The lowest BCUT2D eigenvalue weighted by molar-refractivity contribution is -0.384. The van der Waals surface area contributed by atoms with E-state index in [0.29, 0.717) is 27.8 Å². The standard InChI is InChI=1S/C20H17N5O4S/c1-3-4-18-23-24-20(30-18)22-19(26)13(11-21)10-15-6-8-17(29-15)16-7-5-14(25(27)28)9-12(16)2/h5-10H,3-4H2,1-2H3,(H,22,24,26). The van der Waals surface area contributed by atoms with E-state index in [1.165, 1.54) is 29.5 Å². The largest absolute Gasteiger partial charge is 0.457 e. The molecule has 3 rings (SSSR count). The number of nitrogens with one attached hydrogen (secondary N) is 1. The van der Waals surface area contributed by atoms with Crippen LogP contribution in [-0.4, -0.2) is 21.0 Å². The van der Waals surface area contributed by atoms with E-state index >= 15 is 0 Å². The number of aryl methyl sites for hydroxylation is 2. The summed E-state index contributed by atoms with van der Waals surface area (Å²) in [7, 11) is 0. The SMILES string of the molecule is CCCc1nnc(NC(=O)C(C#N)=Cc2ccc(-c3ccc([N+](=O)[O-])cc3C)o2)s1. The van der Waals surface area contributed by atoms with E-state index < -0.39 is 10.8 Å². The van der Waals surface area contributed by atoms with Gasteiger partial charge in [-0.25, -0.2) is 0 Å². The summed E-state index contributed by atoms with van der Waals surface area (Å²) >= 11 is 1.26. The Labute approximate surface area is 175 Å². The van der Waals surface area contributed by atoms with Gasteiger partial charge < -0.3 is 4.42 Å². The lowest BCUT2D eigenvalue weighted by atomic mass is 10.1. The van der Waals surface area contributed by atoms with Gasteiger partial charge in [-0.15, -0.1) is 10.2 Å². The Hall–Kier alpha value is -3.84. The van der Waals surface area contributed by atoms with Crippen LogP contribution in [0.2, 0.25) is 0 Å². The van der Waals surface area contributed by atoms with Crippen molar-refractivity contribution in [2.24, 2.45) is 0 Å². The first-order valence-corrected chi connectivity index (χ1v) is 9.83. The van der Waals surface area contributed by atoms with Crippen molar-refractivity contribution in [1.82, 2.24) is 10.2 Å². The minimum Gasteiger partial charge on any atom is -0.457 e. The fraction of sp³-hybridized carbons (Fsp3) is 0.200. The number of carbonyl (C=O) groups is 1. The molecule has 0 aliphatic heterocycles. The average molecular weight is 423 g/mol.